The standard InChI is InChI=1S/C16H18N2O/c1-10-6-13(10)9-18-16(19)14-7-11-4-2-3-5-12(11)8-15(14)17/h2-5,7-8,10,13H,6,9,17H2,1H3,(H,18,19). The second-order valence-corrected chi connectivity index (χ2v) is 5.47. The van der Waals surface area contributed by atoms with E-state index in [0.29, 0.717) is 17.2 Å². The average molecular weight is 254 g/mol. The van der Waals surface area contributed by atoms with Gasteiger partial charge in [-0.2, -0.15) is 0 Å². The Morgan fingerprint density at radius 1 is 1.32 bits per heavy atom. The van der Waals surface area contributed by atoms with E-state index in [4.69, 9.17) is 5.73 Å². The van der Waals surface area contributed by atoms with Crippen molar-refractivity contribution in [1.29, 1.82) is 0 Å². The maximum absolute atomic E-state index is 12.2. The third-order valence-electron chi connectivity index (χ3n) is 3.96. The number of hydrogen-bond donors (Lipinski definition) is 2. The topological polar surface area (TPSA) is 55.1 Å². The lowest BCUT2D eigenvalue weighted by Gasteiger charge is -2.09. The number of fused-ring (bicyclic) bond motifs is 1. The number of amides is 1. The zero-order valence-corrected chi connectivity index (χ0v) is 11.0. The molecular weight excluding hydrogens is 236 g/mol. The Labute approximate surface area is 112 Å². The molecule has 2 unspecified atom stereocenters. The SMILES string of the molecule is CC1CC1CNC(=O)c1cc2ccccc2cc1N. The molecular formula is C16H18N2O. The summed E-state index contributed by atoms with van der Waals surface area (Å²) in [6.45, 7) is 2.97. The van der Waals surface area contributed by atoms with E-state index < -0.39 is 0 Å². The van der Waals surface area contributed by atoms with Gasteiger partial charge in [-0.3, -0.25) is 4.79 Å². The van der Waals surface area contributed by atoms with Crippen molar-refractivity contribution in [3.05, 3.63) is 42.0 Å². The molecule has 0 aromatic heterocycles. The van der Waals surface area contributed by atoms with Crippen molar-refractivity contribution in [1.82, 2.24) is 5.32 Å². The van der Waals surface area contributed by atoms with Gasteiger partial charge in [0.05, 0.1) is 5.56 Å². The van der Waals surface area contributed by atoms with Crippen LogP contribution in [-0.4, -0.2) is 12.5 Å². The van der Waals surface area contributed by atoms with Crippen LogP contribution in [0.15, 0.2) is 36.4 Å². The molecule has 3 N–H and O–H groups in total. The number of rotatable bonds is 3. The van der Waals surface area contributed by atoms with E-state index in [1.54, 1.807) is 0 Å². The molecule has 1 amide bonds. The highest BCUT2D eigenvalue weighted by Crippen LogP contribution is 2.36. The van der Waals surface area contributed by atoms with Gasteiger partial charge in [-0.05, 0) is 41.2 Å². The van der Waals surface area contributed by atoms with E-state index >= 15 is 0 Å². The number of anilines is 1. The van der Waals surface area contributed by atoms with Gasteiger partial charge >= 0.3 is 0 Å². The minimum Gasteiger partial charge on any atom is -0.398 e. The van der Waals surface area contributed by atoms with Gasteiger partial charge < -0.3 is 11.1 Å². The zero-order chi connectivity index (χ0) is 13.4. The summed E-state index contributed by atoms with van der Waals surface area (Å²) in [4.78, 5) is 12.2. The quantitative estimate of drug-likeness (QED) is 0.827. The largest absolute Gasteiger partial charge is 0.398 e. The van der Waals surface area contributed by atoms with Crippen LogP contribution in [0, 0.1) is 11.8 Å². The first-order valence-corrected chi connectivity index (χ1v) is 6.71. The Balaban J connectivity index is 1.82. The van der Waals surface area contributed by atoms with Crippen LogP contribution in [0.25, 0.3) is 10.8 Å². The molecule has 1 fully saturated rings. The average Bonchev–Trinajstić information content (AvgIpc) is 3.11. The van der Waals surface area contributed by atoms with Crippen LogP contribution in [-0.2, 0) is 0 Å². The molecule has 0 heterocycles. The summed E-state index contributed by atoms with van der Waals surface area (Å²) in [6, 6.07) is 11.7. The smallest absolute Gasteiger partial charge is 0.253 e. The molecule has 2 aromatic carbocycles. The minimum absolute atomic E-state index is 0.0673. The number of hydrogen-bond acceptors (Lipinski definition) is 2. The second-order valence-electron chi connectivity index (χ2n) is 5.47. The van der Waals surface area contributed by atoms with Gasteiger partial charge in [0.1, 0.15) is 0 Å². The van der Waals surface area contributed by atoms with Crippen molar-refractivity contribution in [2.75, 3.05) is 12.3 Å². The van der Waals surface area contributed by atoms with Gasteiger partial charge in [0, 0.05) is 12.2 Å². The monoisotopic (exact) mass is 254 g/mol. The molecule has 98 valence electrons. The maximum atomic E-state index is 12.2. The van der Waals surface area contributed by atoms with Gasteiger partial charge in [0.25, 0.3) is 5.91 Å². The predicted molar refractivity (Wildman–Crippen MR) is 78.0 cm³/mol. The molecule has 0 spiro atoms. The molecule has 0 saturated heterocycles. The lowest BCUT2D eigenvalue weighted by molar-refractivity contribution is 0.0952. The molecule has 2 atom stereocenters. The van der Waals surface area contributed by atoms with E-state index in [9.17, 15) is 4.79 Å². The summed E-state index contributed by atoms with van der Waals surface area (Å²) >= 11 is 0. The number of carbonyl (C=O) groups is 1. The fourth-order valence-corrected chi connectivity index (χ4v) is 2.46. The number of nitrogen functional groups attached to an aromatic ring is 1. The third-order valence-corrected chi connectivity index (χ3v) is 3.96. The molecule has 0 radical (unpaired) electrons. The van der Waals surface area contributed by atoms with Crippen molar-refractivity contribution < 1.29 is 4.79 Å². The molecule has 3 nitrogen and oxygen atoms in total. The highest BCUT2D eigenvalue weighted by Gasteiger charge is 2.32. The Morgan fingerprint density at radius 2 is 1.95 bits per heavy atom. The van der Waals surface area contributed by atoms with Crippen LogP contribution in [0.5, 0.6) is 0 Å². The molecule has 1 saturated carbocycles. The van der Waals surface area contributed by atoms with Crippen molar-refractivity contribution >= 4 is 22.4 Å². The van der Waals surface area contributed by atoms with E-state index in [0.717, 1.165) is 23.2 Å². The highest BCUT2D eigenvalue weighted by molar-refractivity contribution is 6.03. The summed E-state index contributed by atoms with van der Waals surface area (Å²) in [6.07, 6.45) is 1.22. The van der Waals surface area contributed by atoms with Gasteiger partial charge in [0.2, 0.25) is 0 Å². The zero-order valence-electron chi connectivity index (χ0n) is 11.0. The lowest BCUT2D eigenvalue weighted by Crippen LogP contribution is -2.26. The van der Waals surface area contributed by atoms with Crippen LogP contribution < -0.4 is 11.1 Å². The predicted octanol–water partition coefficient (Wildman–Crippen LogP) is 2.81. The fraction of sp³-hybridized carbons (Fsp3) is 0.312. The van der Waals surface area contributed by atoms with Crippen LogP contribution in [0.3, 0.4) is 0 Å². The van der Waals surface area contributed by atoms with Crippen molar-refractivity contribution in [3.8, 4) is 0 Å². The normalized spacial score (nSPS) is 21.3. The third kappa shape index (κ3) is 2.41. The van der Waals surface area contributed by atoms with E-state index in [1.807, 2.05) is 36.4 Å². The van der Waals surface area contributed by atoms with Crippen LogP contribution in [0.4, 0.5) is 5.69 Å². The van der Waals surface area contributed by atoms with E-state index in [-0.39, 0.29) is 5.91 Å². The first-order valence-electron chi connectivity index (χ1n) is 6.71. The maximum Gasteiger partial charge on any atom is 0.253 e. The molecule has 3 heteroatoms. The summed E-state index contributed by atoms with van der Waals surface area (Å²) in [5.74, 6) is 1.32. The first-order chi connectivity index (χ1) is 9.15. The Morgan fingerprint density at radius 3 is 2.58 bits per heavy atom. The lowest BCUT2D eigenvalue weighted by atomic mass is 10.0. The van der Waals surface area contributed by atoms with Crippen molar-refractivity contribution in [2.45, 2.75) is 13.3 Å². The van der Waals surface area contributed by atoms with Crippen LogP contribution >= 0.6 is 0 Å². The summed E-state index contributed by atoms with van der Waals surface area (Å²) in [5, 5.41) is 5.08. The molecule has 19 heavy (non-hydrogen) atoms. The molecule has 0 bridgehead atoms. The molecule has 1 aliphatic rings. The Kier molecular flexibility index (Phi) is 2.90. The van der Waals surface area contributed by atoms with E-state index in [2.05, 4.69) is 12.2 Å². The summed E-state index contributed by atoms with van der Waals surface area (Å²) in [5.41, 5.74) is 7.09. The molecule has 3 rings (SSSR count). The fourth-order valence-electron chi connectivity index (χ4n) is 2.46. The Bertz CT molecular complexity index is 636. The number of nitrogens with two attached hydrogens (primary N) is 1. The number of carbonyl (C=O) groups excluding carboxylic acids is 1. The Hall–Kier alpha value is -2.03. The number of benzene rings is 2. The highest BCUT2D eigenvalue weighted by atomic mass is 16.1. The second kappa shape index (κ2) is 4.57. The van der Waals surface area contributed by atoms with Gasteiger partial charge in [0.15, 0.2) is 0 Å². The molecule has 2 aromatic rings. The van der Waals surface area contributed by atoms with Gasteiger partial charge in [-0.1, -0.05) is 31.2 Å². The molecule has 1 aliphatic carbocycles. The summed E-state index contributed by atoms with van der Waals surface area (Å²) in [7, 11) is 0. The number of nitrogens with one attached hydrogen (secondary N) is 1. The van der Waals surface area contributed by atoms with Gasteiger partial charge in [-0.25, -0.2) is 0 Å². The first kappa shape index (κ1) is 12.0. The van der Waals surface area contributed by atoms with Crippen LogP contribution in [0.2, 0.25) is 0 Å². The van der Waals surface area contributed by atoms with E-state index in [1.165, 1.54) is 6.42 Å². The molecule has 0 aliphatic heterocycles. The summed E-state index contributed by atoms with van der Waals surface area (Å²) < 4.78 is 0. The minimum atomic E-state index is -0.0673. The van der Waals surface area contributed by atoms with Gasteiger partial charge in [-0.15, -0.1) is 0 Å². The van der Waals surface area contributed by atoms with Crippen molar-refractivity contribution in [2.24, 2.45) is 11.8 Å². The van der Waals surface area contributed by atoms with Crippen LogP contribution in [0.1, 0.15) is 23.7 Å². The van der Waals surface area contributed by atoms with Crippen molar-refractivity contribution in [3.63, 3.8) is 0 Å².